The maximum absolute atomic E-state index is 12.0. The van der Waals surface area contributed by atoms with Crippen LogP contribution in [0.5, 0.6) is 0 Å². The molecule has 2 aliphatic heterocycles. The van der Waals surface area contributed by atoms with Crippen molar-refractivity contribution in [3.63, 3.8) is 0 Å². The van der Waals surface area contributed by atoms with Crippen LogP contribution in [0.25, 0.3) is 22.3 Å². The molecule has 0 unspecified atom stereocenters. The first-order valence-corrected chi connectivity index (χ1v) is 15.6. The van der Waals surface area contributed by atoms with Gasteiger partial charge < -0.3 is 62.8 Å². The number of nitrogens with zero attached hydrogens (tertiary/aromatic N) is 9. The summed E-state index contributed by atoms with van der Waals surface area (Å²) >= 11 is 0. The number of aliphatic hydroxyl groups excluding tert-OH is 4. The first kappa shape index (κ1) is 35.5. The smallest absolute Gasteiger partial charge is 0.317 e. The Bertz CT molecular complexity index is 1960. The van der Waals surface area contributed by atoms with Gasteiger partial charge >= 0.3 is 12.0 Å². The normalized spacial score (nSPS) is 26.1. The molecule has 6 heterocycles. The zero-order valence-electron chi connectivity index (χ0n) is 26.7. The van der Waals surface area contributed by atoms with Crippen molar-refractivity contribution in [2.45, 2.75) is 49.1 Å². The van der Waals surface area contributed by atoms with Crippen molar-refractivity contribution in [3.05, 3.63) is 24.8 Å². The highest BCUT2D eigenvalue weighted by molar-refractivity contribution is 5.83. The number of urea groups is 1. The number of rotatable bonds is 11. The van der Waals surface area contributed by atoms with Gasteiger partial charge in [-0.25, -0.2) is 34.7 Å². The average molecular weight is 713 g/mol. The summed E-state index contributed by atoms with van der Waals surface area (Å²) < 4.78 is 14.6. The largest absolute Gasteiger partial charge is 0.480 e. The SMILES string of the molecule is NCCNC(=O)NC[C@H]1O[C@@H](n2c(C#CCN(CC(=O)O)C[C@H]3O[C@@H](n4cnc5c(N)ncnc54)[C@H](O)[C@@H]3O)nc3c(N)ncnc32)[C@H](O)[C@@H]1O. The molecule has 2 saturated heterocycles. The number of nitrogen functional groups attached to an aromatic ring is 2. The summed E-state index contributed by atoms with van der Waals surface area (Å²) in [6.07, 6.45) is -6.59. The third-order valence-corrected chi connectivity index (χ3v) is 8.29. The van der Waals surface area contributed by atoms with Gasteiger partial charge in [0.05, 0.1) is 19.4 Å². The lowest BCUT2D eigenvalue weighted by Gasteiger charge is -2.23. The van der Waals surface area contributed by atoms with Crippen molar-refractivity contribution >= 4 is 46.0 Å². The van der Waals surface area contributed by atoms with E-state index in [1.807, 2.05) is 0 Å². The van der Waals surface area contributed by atoms with Crippen LogP contribution in [0.3, 0.4) is 0 Å². The Labute approximate surface area is 287 Å². The first-order chi connectivity index (χ1) is 24.5. The second-order valence-corrected chi connectivity index (χ2v) is 11.7. The molecule has 0 aromatic carbocycles. The number of imidazole rings is 2. The van der Waals surface area contributed by atoms with Gasteiger partial charge in [-0.05, 0) is 5.92 Å². The van der Waals surface area contributed by atoms with Crippen LogP contribution in [-0.2, 0) is 14.3 Å². The van der Waals surface area contributed by atoms with Crippen LogP contribution in [-0.4, -0.2) is 157 Å². The van der Waals surface area contributed by atoms with Crippen LogP contribution >= 0.6 is 0 Å². The van der Waals surface area contributed by atoms with E-state index in [4.69, 9.17) is 26.7 Å². The lowest BCUT2D eigenvalue weighted by atomic mass is 10.1. The van der Waals surface area contributed by atoms with Crippen LogP contribution in [0.4, 0.5) is 16.4 Å². The molecule has 6 rings (SSSR count). The second kappa shape index (κ2) is 14.9. The third-order valence-electron chi connectivity index (χ3n) is 8.29. The average Bonchev–Trinajstić information content (AvgIpc) is 3.84. The fraction of sp³-hybridized carbons (Fsp3) is 0.500. The summed E-state index contributed by atoms with van der Waals surface area (Å²) in [5, 5.41) is 58.2. The molecular formula is C28H36N14O9. The minimum atomic E-state index is -1.52. The molecule has 2 fully saturated rings. The summed E-state index contributed by atoms with van der Waals surface area (Å²) in [5.74, 6) is 4.56. The standard InChI is InChI=1S/C28H36N14O9/c29-3-4-32-28(49)33-6-12-18(45)21(48)27(50-12)42-14(39-17-23(31)35-10-37-25(17)42)2-1-5-40(8-15(43)44)7-13-19(46)20(47)26(51-13)41-11-38-16-22(30)34-9-36-24(16)41/h9-13,18-21,26-27,45-48H,3-8,29H2,(H,43,44)(H2,30,34,36)(H2,31,35,37)(H2,32,33,49)/t12-,13-,18-,19-,20-,21-,26-,27-/m1/s1. The predicted molar refractivity (Wildman–Crippen MR) is 173 cm³/mol. The van der Waals surface area contributed by atoms with Crippen LogP contribution in [0.2, 0.25) is 0 Å². The number of aromatic nitrogens is 8. The van der Waals surface area contributed by atoms with Gasteiger partial charge in [0, 0.05) is 26.2 Å². The molecule has 2 amide bonds. The van der Waals surface area contributed by atoms with Crippen LogP contribution in [0.1, 0.15) is 18.3 Å². The summed E-state index contributed by atoms with van der Waals surface area (Å²) in [7, 11) is 0. The van der Waals surface area contributed by atoms with Crippen molar-refractivity contribution in [2.75, 3.05) is 50.7 Å². The van der Waals surface area contributed by atoms with Gasteiger partial charge in [0.2, 0.25) is 0 Å². The Hall–Kier alpha value is -5.32. The highest BCUT2D eigenvalue weighted by Crippen LogP contribution is 2.34. The molecule has 2 aliphatic rings. The molecule has 0 bridgehead atoms. The molecule has 4 aromatic heterocycles. The Morgan fingerprint density at radius 3 is 2.27 bits per heavy atom. The van der Waals surface area contributed by atoms with E-state index in [-0.39, 0.29) is 72.5 Å². The highest BCUT2D eigenvalue weighted by atomic mass is 16.6. The number of carboxylic acids is 1. The molecule has 272 valence electrons. The van der Waals surface area contributed by atoms with Gasteiger partial charge in [-0.2, -0.15) is 0 Å². The topological polar surface area (TPSA) is 346 Å². The molecule has 23 heteroatoms. The number of carbonyl (C=O) groups is 2. The molecule has 4 aromatic rings. The number of fused-ring (bicyclic) bond motifs is 2. The Morgan fingerprint density at radius 1 is 0.882 bits per heavy atom. The van der Waals surface area contributed by atoms with E-state index in [1.165, 1.54) is 33.0 Å². The molecule has 0 aliphatic carbocycles. The maximum atomic E-state index is 12.0. The Morgan fingerprint density at radius 2 is 1.55 bits per heavy atom. The van der Waals surface area contributed by atoms with Crippen LogP contribution in [0, 0.1) is 11.8 Å². The Balaban J connectivity index is 1.21. The zero-order chi connectivity index (χ0) is 36.4. The fourth-order valence-corrected chi connectivity index (χ4v) is 5.84. The van der Waals surface area contributed by atoms with E-state index in [2.05, 4.69) is 52.4 Å². The summed E-state index contributed by atoms with van der Waals surface area (Å²) in [6.45, 7) is -0.585. The molecule has 0 radical (unpaired) electrons. The number of aliphatic carboxylic acids is 1. The van der Waals surface area contributed by atoms with Crippen molar-refractivity contribution in [2.24, 2.45) is 5.73 Å². The van der Waals surface area contributed by atoms with Crippen LogP contribution < -0.4 is 27.8 Å². The number of ether oxygens (including phenoxy) is 2. The van der Waals surface area contributed by atoms with Gasteiger partial charge in [-0.3, -0.25) is 18.8 Å². The summed E-state index contributed by atoms with van der Waals surface area (Å²) in [4.78, 5) is 49.9. The van der Waals surface area contributed by atoms with Gasteiger partial charge in [0.1, 0.15) is 54.8 Å². The quantitative estimate of drug-likeness (QED) is 0.0651. The van der Waals surface area contributed by atoms with Gasteiger partial charge in [0.15, 0.2) is 46.7 Å². The number of anilines is 2. The number of hydrogen-bond donors (Lipinski definition) is 10. The number of carboxylic acid groups (broad SMARTS) is 1. The fourth-order valence-electron chi connectivity index (χ4n) is 5.84. The number of nitrogens with one attached hydrogen (secondary N) is 2. The van der Waals surface area contributed by atoms with E-state index >= 15 is 0 Å². The summed E-state index contributed by atoms with van der Waals surface area (Å²) in [5.41, 5.74) is 18.1. The van der Waals surface area contributed by atoms with E-state index < -0.39 is 67.6 Å². The van der Waals surface area contributed by atoms with E-state index in [1.54, 1.807) is 0 Å². The molecule has 8 atom stereocenters. The maximum Gasteiger partial charge on any atom is 0.317 e. The number of nitrogens with two attached hydrogens (primary N) is 3. The van der Waals surface area contributed by atoms with Gasteiger partial charge in [-0.15, -0.1) is 0 Å². The predicted octanol–water partition coefficient (Wildman–Crippen LogP) is -4.93. The minimum absolute atomic E-state index is 0.00238. The van der Waals surface area contributed by atoms with Gasteiger partial charge in [0.25, 0.3) is 0 Å². The second-order valence-electron chi connectivity index (χ2n) is 11.7. The van der Waals surface area contributed by atoms with E-state index in [9.17, 15) is 35.1 Å². The van der Waals surface area contributed by atoms with Crippen LogP contribution in [0.15, 0.2) is 19.0 Å². The first-order valence-electron chi connectivity index (χ1n) is 15.6. The monoisotopic (exact) mass is 712 g/mol. The molecule has 51 heavy (non-hydrogen) atoms. The minimum Gasteiger partial charge on any atom is -0.480 e. The molecule has 0 spiro atoms. The van der Waals surface area contributed by atoms with Crippen molar-refractivity contribution in [1.82, 2.24) is 54.6 Å². The number of aliphatic hydroxyl groups is 4. The molecule has 0 saturated carbocycles. The third kappa shape index (κ3) is 7.15. The zero-order valence-corrected chi connectivity index (χ0v) is 26.7. The van der Waals surface area contributed by atoms with Crippen molar-refractivity contribution in [1.29, 1.82) is 0 Å². The van der Waals surface area contributed by atoms with Crippen molar-refractivity contribution in [3.8, 4) is 11.8 Å². The molecule has 13 N–H and O–H groups in total. The van der Waals surface area contributed by atoms with Gasteiger partial charge in [-0.1, -0.05) is 5.92 Å². The lowest BCUT2D eigenvalue weighted by molar-refractivity contribution is -0.138. The van der Waals surface area contributed by atoms with E-state index in [0.717, 1.165) is 0 Å². The molecular weight excluding hydrogens is 676 g/mol. The molecule has 23 nitrogen and oxygen atoms in total. The number of hydrogen-bond acceptors (Lipinski definition) is 18. The Kier molecular flexibility index (Phi) is 10.4. The lowest BCUT2D eigenvalue weighted by Crippen LogP contribution is -2.44. The highest BCUT2D eigenvalue weighted by Gasteiger charge is 2.46. The number of amides is 2. The summed E-state index contributed by atoms with van der Waals surface area (Å²) in [6, 6.07) is -0.546. The van der Waals surface area contributed by atoms with E-state index in [0.29, 0.717) is 0 Å². The van der Waals surface area contributed by atoms with Crippen molar-refractivity contribution < 1.29 is 44.6 Å². The number of carbonyl (C=O) groups excluding carboxylic acids is 1.